The quantitative estimate of drug-likeness (QED) is 0.767. The number of aryl methyl sites for hydroxylation is 1. The van der Waals surface area contributed by atoms with Crippen LogP contribution in [0.2, 0.25) is 0 Å². The Bertz CT molecular complexity index is 548. The summed E-state index contributed by atoms with van der Waals surface area (Å²) >= 11 is 1.48. The van der Waals surface area contributed by atoms with E-state index in [1.54, 1.807) is 12.1 Å². The van der Waals surface area contributed by atoms with Gasteiger partial charge in [-0.1, -0.05) is 13.0 Å². The lowest BCUT2D eigenvalue weighted by Gasteiger charge is -2.06. The lowest BCUT2D eigenvalue weighted by molar-refractivity contribution is 0.112. The van der Waals surface area contributed by atoms with E-state index in [0.29, 0.717) is 17.2 Å². The molecule has 2 nitrogen and oxygen atoms in total. The summed E-state index contributed by atoms with van der Waals surface area (Å²) in [7, 11) is 0. The summed E-state index contributed by atoms with van der Waals surface area (Å²) in [6.45, 7) is 2.39. The third-order valence-electron chi connectivity index (χ3n) is 2.54. The Hall–Kier alpha value is -1.68. The maximum absolute atomic E-state index is 13.0. The van der Waals surface area contributed by atoms with Crippen molar-refractivity contribution in [1.82, 2.24) is 0 Å². The molecule has 0 bridgehead atoms. The van der Waals surface area contributed by atoms with E-state index in [1.807, 2.05) is 13.0 Å². The molecule has 2 aromatic rings. The molecule has 0 radical (unpaired) electrons. The van der Waals surface area contributed by atoms with E-state index in [2.05, 4.69) is 0 Å². The van der Waals surface area contributed by atoms with Crippen molar-refractivity contribution < 1.29 is 13.9 Å². The van der Waals surface area contributed by atoms with Gasteiger partial charge in [0.25, 0.3) is 0 Å². The van der Waals surface area contributed by atoms with Crippen molar-refractivity contribution in [3.63, 3.8) is 0 Å². The summed E-state index contributed by atoms with van der Waals surface area (Å²) in [5.41, 5.74) is 0.994. The first-order chi connectivity index (χ1) is 8.72. The van der Waals surface area contributed by atoms with Gasteiger partial charge in [0, 0.05) is 16.5 Å². The van der Waals surface area contributed by atoms with E-state index >= 15 is 0 Å². The van der Waals surface area contributed by atoms with Crippen molar-refractivity contribution in [3.8, 4) is 5.75 Å². The minimum Gasteiger partial charge on any atom is -0.489 e. The predicted molar refractivity (Wildman–Crippen MR) is 69.8 cm³/mol. The normalized spacial score (nSPS) is 10.3. The predicted octanol–water partition coefficient (Wildman–Crippen LogP) is 3.84. The zero-order valence-corrected chi connectivity index (χ0v) is 10.8. The van der Waals surface area contributed by atoms with Crippen molar-refractivity contribution in [2.75, 3.05) is 0 Å². The molecule has 0 N–H and O–H groups in total. The summed E-state index contributed by atoms with van der Waals surface area (Å²) in [6, 6.07) is 7.87. The van der Waals surface area contributed by atoms with Crippen LogP contribution < -0.4 is 4.74 Å². The van der Waals surface area contributed by atoms with Crippen LogP contribution in [-0.4, -0.2) is 6.29 Å². The second-order valence-electron chi connectivity index (χ2n) is 3.81. The number of thiophene rings is 1. The van der Waals surface area contributed by atoms with E-state index in [-0.39, 0.29) is 5.82 Å². The molecule has 0 unspecified atom stereocenters. The Balaban J connectivity index is 2.10. The van der Waals surface area contributed by atoms with Crippen LogP contribution in [0, 0.1) is 5.82 Å². The van der Waals surface area contributed by atoms with Gasteiger partial charge in [-0.2, -0.15) is 0 Å². The van der Waals surface area contributed by atoms with Gasteiger partial charge in [0.15, 0.2) is 6.29 Å². The first-order valence-corrected chi connectivity index (χ1v) is 6.49. The minimum absolute atomic E-state index is 0.317. The van der Waals surface area contributed by atoms with Gasteiger partial charge in [0.1, 0.15) is 18.2 Å². The van der Waals surface area contributed by atoms with E-state index in [1.165, 1.54) is 23.5 Å². The third kappa shape index (κ3) is 2.96. The molecule has 0 aliphatic heterocycles. The van der Waals surface area contributed by atoms with Crippen molar-refractivity contribution in [1.29, 1.82) is 0 Å². The monoisotopic (exact) mass is 264 g/mol. The number of rotatable bonds is 5. The molecule has 0 saturated heterocycles. The Labute approximate surface area is 109 Å². The number of carbonyl (C=O) groups excluding carboxylic acids is 1. The van der Waals surface area contributed by atoms with E-state index in [9.17, 15) is 9.18 Å². The van der Waals surface area contributed by atoms with Gasteiger partial charge in [0.05, 0.1) is 4.88 Å². The van der Waals surface area contributed by atoms with E-state index < -0.39 is 0 Å². The average Bonchev–Trinajstić information content (AvgIpc) is 2.79. The highest BCUT2D eigenvalue weighted by Crippen LogP contribution is 2.23. The van der Waals surface area contributed by atoms with Gasteiger partial charge in [-0.15, -0.1) is 11.3 Å². The standard InChI is InChI=1S/C14H13FO2S/c1-2-14-10(6-13(8-16)18-14)9-17-12-5-3-4-11(15)7-12/h3-8H,2,9H2,1H3. The molecule has 2 rings (SSSR count). The fourth-order valence-electron chi connectivity index (χ4n) is 1.69. The molecule has 0 aliphatic rings. The number of hydrogen-bond acceptors (Lipinski definition) is 3. The Morgan fingerprint density at radius 2 is 2.22 bits per heavy atom. The molecule has 1 aromatic heterocycles. The Kier molecular flexibility index (Phi) is 4.10. The van der Waals surface area contributed by atoms with Crippen LogP contribution in [-0.2, 0) is 13.0 Å². The zero-order valence-electron chi connectivity index (χ0n) is 9.98. The lowest BCUT2D eigenvalue weighted by Crippen LogP contribution is -1.96. The maximum Gasteiger partial charge on any atom is 0.160 e. The van der Waals surface area contributed by atoms with Gasteiger partial charge >= 0.3 is 0 Å². The molecule has 18 heavy (non-hydrogen) atoms. The highest BCUT2D eigenvalue weighted by molar-refractivity contribution is 7.13. The van der Waals surface area contributed by atoms with Gasteiger partial charge in [0.2, 0.25) is 0 Å². The van der Waals surface area contributed by atoms with Crippen molar-refractivity contribution in [2.45, 2.75) is 20.0 Å². The molecule has 0 spiro atoms. The fraction of sp³-hybridized carbons (Fsp3) is 0.214. The topological polar surface area (TPSA) is 26.3 Å². The number of aldehydes is 1. The second kappa shape index (κ2) is 5.78. The molecular formula is C14H13FO2S. The van der Waals surface area contributed by atoms with Gasteiger partial charge < -0.3 is 4.74 Å². The number of benzene rings is 1. The molecule has 0 fully saturated rings. The van der Waals surface area contributed by atoms with Gasteiger partial charge in [-0.05, 0) is 24.6 Å². The second-order valence-corrected chi connectivity index (χ2v) is 4.98. The molecule has 0 atom stereocenters. The van der Waals surface area contributed by atoms with Crippen LogP contribution in [0.15, 0.2) is 30.3 Å². The van der Waals surface area contributed by atoms with Crippen LogP contribution in [0.3, 0.4) is 0 Å². The summed E-state index contributed by atoms with van der Waals surface area (Å²) in [6.07, 6.45) is 1.70. The molecule has 0 amide bonds. The molecule has 1 aromatic carbocycles. The largest absolute Gasteiger partial charge is 0.489 e. The van der Waals surface area contributed by atoms with Crippen molar-refractivity contribution in [2.24, 2.45) is 0 Å². The van der Waals surface area contributed by atoms with E-state index in [4.69, 9.17) is 4.74 Å². The fourth-order valence-corrected chi connectivity index (χ4v) is 2.61. The SMILES string of the molecule is CCc1sc(C=O)cc1COc1cccc(F)c1. The highest BCUT2D eigenvalue weighted by atomic mass is 32.1. The van der Waals surface area contributed by atoms with E-state index in [0.717, 1.165) is 23.1 Å². The zero-order chi connectivity index (χ0) is 13.0. The van der Waals surface area contributed by atoms with Gasteiger partial charge in [-0.25, -0.2) is 4.39 Å². The number of carbonyl (C=O) groups is 1. The third-order valence-corrected chi connectivity index (χ3v) is 3.79. The van der Waals surface area contributed by atoms with Crippen LogP contribution in [0.1, 0.15) is 27.0 Å². The molecule has 0 saturated carbocycles. The molecule has 94 valence electrons. The molecular weight excluding hydrogens is 251 g/mol. The average molecular weight is 264 g/mol. The molecule has 0 aliphatic carbocycles. The number of ether oxygens (including phenoxy) is 1. The van der Waals surface area contributed by atoms with Crippen molar-refractivity contribution in [3.05, 3.63) is 51.5 Å². The van der Waals surface area contributed by atoms with Crippen LogP contribution in [0.25, 0.3) is 0 Å². The minimum atomic E-state index is -0.317. The highest BCUT2D eigenvalue weighted by Gasteiger charge is 2.08. The van der Waals surface area contributed by atoms with Gasteiger partial charge in [-0.3, -0.25) is 4.79 Å². The van der Waals surface area contributed by atoms with Crippen LogP contribution in [0.5, 0.6) is 5.75 Å². The smallest absolute Gasteiger partial charge is 0.160 e. The first kappa shape index (κ1) is 12.8. The number of hydrogen-bond donors (Lipinski definition) is 0. The molecule has 1 heterocycles. The Morgan fingerprint density at radius 3 is 2.89 bits per heavy atom. The van der Waals surface area contributed by atoms with Crippen LogP contribution >= 0.6 is 11.3 Å². The Morgan fingerprint density at radius 1 is 1.39 bits per heavy atom. The number of halogens is 1. The summed E-state index contributed by atoms with van der Waals surface area (Å²) in [5.74, 6) is 0.179. The molecule has 4 heteroatoms. The first-order valence-electron chi connectivity index (χ1n) is 5.68. The summed E-state index contributed by atoms with van der Waals surface area (Å²) in [5, 5.41) is 0. The lowest BCUT2D eigenvalue weighted by atomic mass is 10.2. The summed E-state index contributed by atoms with van der Waals surface area (Å²) in [4.78, 5) is 12.6. The van der Waals surface area contributed by atoms with Crippen LogP contribution in [0.4, 0.5) is 4.39 Å². The van der Waals surface area contributed by atoms with Crippen molar-refractivity contribution >= 4 is 17.6 Å². The summed E-state index contributed by atoms with van der Waals surface area (Å²) < 4.78 is 18.5. The maximum atomic E-state index is 13.0.